The van der Waals surface area contributed by atoms with Gasteiger partial charge in [0.15, 0.2) is 0 Å². The summed E-state index contributed by atoms with van der Waals surface area (Å²) in [4.78, 5) is 23.8. The molecule has 0 aliphatic heterocycles. The Kier molecular flexibility index (Phi) is 6.03. The molecular weight excluding hydrogens is 415 g/mol. The van der Waals surface area contributed by atoms with Crippen LogP contribution in [0.1, 0.15) is 16.1 Å². The number of carboxylic acids is 1. The molecule has 29 heavy (non-hydrogen) atoms. The molecule has 0 aliphatic rings. The van der Waals surface area contributed by atoms with E-state index in [0.29, 0.717) is 11.3 Å². The van der Waals surface area contributed by atoms with Crippen LogP contribution in [0.3, 0.4) is 0 Å². The molecule has 0 saturated carbocycles. The van der Waals surface area contributed by atoms with Gasteiger partial charge in [-0.3, -0.25) is 4.79 Å². The van der Waals surface area contributed by atoms with Gasteiger partial charge in [0, 0.05) is 11.6 Å². The molecule has 0 atom stereocenters. The predicted molar refractivity (Wildman–Crippen MR) is 110 cm³/mol. The number of aromatic carboxylic acids is 1. The first-order valence-electron chi connectivity index (χ1n) is 8.20. The topological polar surface area (TPSA) is 103 Å². The van der Waals surface area contributed by atoms with E-state index in [2.05, 4.69) is 5.32 Å². The van der Waals surface area contributed by atoms with E-state index >= 15 is 0 Å². The van der Waals surface area contributed by atoms with Crippen LogP contribution in [0, 0.1) is 11.3 Å². The minimum absolute atomic E-state index is 0.0752. The summed E-state index contributed by atoms with van der Waals surface area (Å²) in [7, 11) is 0. The number of halogens is 2. The van der Waals surface area contributed by atoms with Crippen molar-refractivity contribution in [3.63, 3.8) is 0 Å². The summed E-state index contributed by atoms with van der Waals surface area (Å²) in [6.45, 7) is 0. The van der Waals surface area contributed by atoms with Crippen molar-refractivity contribution < 1.29 is 19.1 Å². The van der Waals surface area contributed by atoms with Gasteiger partial charge in [0.05, 0.1) is 21.3 Å². The lowest BCUT2D eigenvalue weighted by atomic mass is 10.1. The van der Waals surface area contributed by atoms with Crippen LogP contribution in [0.4, 0.5) is 5.69 Å². The highest BCUT2D eigenvalue weighted by Gasteiger charge is 2.16. The van der Waals surface area contributed by atoms with Crippen molar-refractivity contribution in [1.82, 2.24) is 0 Å². The maximum Gasteiger partial charge on any atom is 0.336 e. The fourth-order valence-corrected chi connectivity index (χ4v) is 2.89. The molecule has 0 fully saturated rings. The third-order valence-electron chi connectivity index (χ3n) is 3.90. The van der Waals surface area contributed by atoms with Gasteiger partial charge in [-0.15, -0.1) is 0 Å². The highest BCUT2D eigenvalue weighted by atomic mass is 35.5. The predicted octanol–water partition coefficient (Wildman–Crippen LogP) is 5.50. The van der Waals surface area contributed by atoms with Gasteiger partial charge in [-0.2, -0.15) is 5.26 Å². The first-order chi connectivity index (χ1) is 13.9. The van der Waals surface area contributed by atoms with Gasteiger partial charge < -0.3 is 14.8 Å². The van der Waals surface area contributed by atoms with Crippen LogP contribution in [0.5, 0.6) is 0 Å². The van der Waals surface area contributed by atoms with Crippen LogP contribution >= 0.6 is 23.2 Å². The third-order valence-corrected chi connectivity index (χ3v) is 4.72. The van der Waals surface area contributed by atoms with E-state index in [-0.39, 0.29) is 32.6 Å². The van der Waals surface area contributed by atoms with Crippen LogP contribution in [-0.4, -0.2) is 17.0 Å². The Bertz CT molecular complexity index is 1180. The molecule has 1 amide bonds. The average Bonchev–Trinajstić information content (AvgIpc) is 3.18. The van der Waals surface area contributed by atoms with Crippen molar-refractivity contribution in [3.05, 3.63) is 81.5 Å². The van der Waals surface area contributed by atoms with Crippen molar-refractivity contribution >= 4 is 46.8 Å². The minimum Gasteiger partial charge on any atom is -0.478 e. The van der Waals surface area contributed by atoms with Crippen molar-refractivity contribution in [3.8, 4) is 17.4 Å². The quantitative estimate of drug-likeness (QED) is 0.414. The van der Waals surface area contributed by atoms with E-state index in [4.69, 9.17) is 27.6 Å². The fourth-order valence-electron chi connectivity index (χ4n) is 2.54. The summed E-state index contributed by atoms with van der Waals surface area (Å²) < 4.78 is 5.62. The standard InChI is InChI=1S/C21H12Cl2N2O4/c22-16-6-3-7-17(19(16)23)25-20(26)12(11-24)10-13-8-9-18(29-13)14-4-1-2-5-15(14)21(27)28/h1-10H,(H,25,26)(H,27,28). The van der Waals surface area contributed by atoms with Gasteiger partial charge in [-0.1, -0.05) is 47.5 Å². The number of carboxylic acid groups (broad SMARTS) is 1. The lowest BCUT2D eigenvalue weighted by Crippen LogP contribution is -2.13. The molecule has 0 unspecified atom stereocenters. The molecule has 8 heteroatoms. The smallest absolute Gasteiger partial charge is 0.336 e. The van der Waals surface area contributed by atoms with Crippen LogP contribution in [0.2, 0.25) is 10.0 Å². The summed E-state index contributed by atoms with van der Waals surface area (Å²) in [5.41, 5.74) is 0.494. The van der Waals surface area contributed by atoms with E-state index in [9.17, 15) is 20.0 Å². The zero-order valence-electron chi connectivity index (χ0n) is 14.6. The van der Waals surface area contributed by atoms with E-state index < -0.39 is 11.9 Å². The molecule has 0 bridgehead atoms. The zero-order chi connectivity index (χ0) is 21.0. The number of furan rings is 1. The summed E-state index contributed by atoms with van der Waals surface area (Å²) in [5.74, 6) is -1.28. The number of nitrogens with one attached hydrogen (secondary N) is 1. The molecule has 3 rings (SSSR count). The van der Waals surface area contributed by atoms with E-state index in [1.165, 1.54) is 18.2 Å². The Morgan fingerprint density at radius 3 is 2.55 bits per heavy atom. The van der Waals surface area contributed by atoms with Crippen LogP contribution in [0.25, 0.3) is 17.4 Å². The van der Waals surface area contributed by atoms with Crippen molar-refractivity contribution in [2.75, 3.05) is 5.32 Å². The minimum atomic E-state index is -1.09. The highest BCUT2D eigenvalue weighted by Crippen LogP contribution is 2.30. The first-order valence-corrected chi connectivity index (χ1v) is 8.96. The number of nitriles is 1. The Balaban J connectivity index is 1.88. The average molecular weight is 427 g/mol. The molecule has 3 aromatic rings. The van der Waals surface area contributed by atoms with Crippen LogP contribution < -0.4 is 5.32 Å². The number of hydrogen-bond donors (Lipinski definition) is 2. The second-order valence-corrected chi connectivity index (χ2v) is 6.56. The lowest BCUT2D eigenvalue weighted by molar-refractivity contribution is -0.112. The molecule has 1 heterocycles. The Morgan fingerprint density at radius 1 is 1.07 bits per heavy atom. The Hall–Kier alpha value is -3.53. The molecule has 1 aromatic heterocycles. The van der Waals surface area contributed by atoms with Gasteiger partial charge >= 0.3 is 5.97 Å². The normalized spacial score (nSPS) is 11.0. The molecule has 0 aliphatic carbocycles. The molecular formula is C21H12Cl2N2O4. The van der Waals surface area contributed by atoms with Gasteiger partial charge in [0.25, 0.3) is 5.91 Å². The summed E-state index contributed by atoms with van der Waals surface area (Å²) in [6, 6.07) is 16.0. The Labute approximate surface area is 175 Å². The molecule has 2 aromatic carbocycles. The van der Waals surface area contributed by atoms with Crippen molar-refractivity contribution in [2.45, 2.75) is 0 Å². The Morgan fingerprint density at radius 2 is 1.83 bits per heavy atom. The van der Waals surface area contributed by atoms with Gasteiger partial charge in [0.2, 0.25) is 0 Å². The number of carbonyl (C=O) groups is 2. The summed E-state index contributed by atoms with van der Waals surface area (Å²) in [6.07, 6.45) is 1.25. The number of anilines is 1. The number of amides is 1. The SMILES string of the molecule is N#CC(=Cc1ccc(-c2ccccc2C(=O)O)o1)C(=O)Nc1cccc(Cl)c1Cl. The van der Waals surface area contributed by atoms with Gasteiger partial charge in [-0.05, 0) is 30.3 Å². The molecule has 6 nitrogen and oxygen atoms in total. The van der Waals surface area contributed by atoms with Crippen LogP contribution in [-0.2, 0) is 4.79 Å². The van der Waals surface area contributed by atoms with E-state index in [1.807, 2.05) is 0 Å². The first kappa shape index (κ1) is 20.2. The summed E-state index contributed by atoms with van der Waals surface area (Å²) >= 11 is 12.0. The molecule has 0 radical (unpaired) electrons. The molecule has 0 saturated heterocycles. The van der Waals surface area contributed by atoms with Crippen molar-refractivity contribution in [2.24, 2.45) is 0 Å². The number of carbonyl (C=O) groups excluding carboxylic acids is 1. The van der Waals surface area contributed by atoms with Crippen molar-refractivity contribution in [1.29, 1.82) is 5.26 Å². The number of rotatable bonds is 5. The third kappa shape index (κ3) is 4.49. The fraction of sp³-hybridized carbons (Fsp3) is 0. The number of benzene rings is 2. The number of nitrogens with zero attached hydrogens (tertiary/aromatic N) is 1. The second kappa shape index (κ2) is 8.65. The maximum atomic E-state index is 12.4. The van der Waals surface area contributed by atoms with E-state index in [0.717, 1.165) is 0 Å². The second-order valence-electron chi connectivity index (χ2n) is 5.78. The molecule has 144 valence electrons. The monoisotopic (exact) mass is 426 g/mol. The van der Waals surface area contributed by atoms with Gasteiger partial charge in [0.1, 0.15) is 23.2 Å². The van der Waals surface area contributed by atoms with Crippen LogP contribution in [0.15, 0.2) is 64.6 Å². The zero-order valence-corrected chi connectivity index (χ0v) is 16.2. The maximum absolute atomic E-state index is 12.4. The summed E-state index contributed by atoms with van der Waals surface area (Å²) in [5, 5.41) is 21.6. The molecule has 0 spiro atoms. The lowest BCUT2D eigenvalue weighted by Gasteiger charge is -2.07. The largest absolute Gasteiger partial charge is 0.478 e. The van der Waals surface area contributed by atoms with Gasteiger partial charge in [-0.25, -0.2) is 4.79 Å². The number of hydrogen-bond acceptors (Lipinski definition) is 4. The molecule has 2 N–H and O–H groups in total. The highest BCUT2D eigenvalue weighted by molar-refractivity contribution is 6.44. The van der Waals surface area contributed by atoms with E-state index in [1.54, 1.807) is 48.5 Å².